The van der Waals surface area contributed by atoms with Crippen LogP contribution in [0.25, 0.3) is 10.2 Å². The van der Waals surface area contributed by atoms with Crippen LogP contribution in [0.2, 0.25) is 0 Å². The van der Waals surface area contributed by atoms with Crippen molar-refractivity contribution in [3.05, 3.63) is 28.4 Å². The fraction of sp³-hybridized carbons (Fsp3) is 0.652. The van der Waals surface area contributed by atoms with Gasteiger partial charge >= 0.3 is 0 Å². The van der Waals surface area contributed by atoms with Crippen LogP contribution >= 0.6 is 11.3 Å². The van der Waals surface area contributed by atoms with Gasteiger partial charge in [-0.25, -0.2) is 9.97 Å². The molecule has 0 radical (unpaired) electrons. The molecule has 0 bridgehead atoms. The molecule has 158 valence electrons. The normalized spacial score (nSPS) is 24.5. The maximum absolute atomic E-state index is 4.83. The number of aromatic nitrogens is 5. The van der Waals surface area contributed by atoms with Crippen LogP contribution < -0.4 is 4.90 Å². The third-order valence-corrected chi connectivity index (χ3v) is 8.46. The summed E-state index contributed by atoms with van der Waals surface area (Å²) in [5, 5.41) is 10.6. The fourth-order valence-electron chi connectivity index (χ4n) is 5.69. The second kappa shape index (κ2) is 7.59. The van der Waals surface area contributed by atoms with Crippen LogP contribution in [-0.2, 0) is 25.8 Å². The standard InChI is InChI=1S/C23H30N6S/c1-15-8-9-17-18(12-15)30-23-20(17)22(24-14-25-23)28-10-5-6-16(13-28)21-27-26-19-7-3-2-4-11-29(19)21/h14-16H,2-13H2,1H3/t15-,16-/m1/s1. The molecular weight excluding hydrogens is 392 g/mol. The number of rotatable bonds is 2. The van der Waals surface area contributed by atoms with Crippen molar-refractivity contribution in [2.45, 2.75) is 77.2 Å². The molecule has 1 aliphatic carbocycles. The first-order valence-electron chi connectivity index (χ1n) is 11.7. The maximum atomic E-state index is 4.83. The highest BCUT2D eigenvalue weighted by atomic mass is 32.1. The van der Waals surface area contributed by atoms with Gasteiger partial charge in [0.2, 0.25) is 0 Å². The predicted molar refractivity (Wildman–Crippen MR) is 120 cm³/mol. The summed E-state index contributed by atoms with van der Waals surface area (Å²) in [6.45, 7) is 5.52. The molecule has 0 saturated carbocycles. The highest BCUT2D eigenvalue weighted by Crippen LogP contribution is 2.41. The van der Waals surface area contributed by atoms with E-state index in [1.807, 2.05) is 11.3 Å². The number of piperidine rings is 1. The van der Waals surface area contributed by atoms with Crippen LogP contribution in [0.4, 0.5) is 5.82 Å². The summed E-state index contributed by atoms with van der Waals surface area (Å²) < 4.78 is 2.44. The molecule has 0 unspecified atom stereocenters. The lowest BCUT2D eigenvalue weighted by atomic mass is 9.89. The van der Waals surface area contributed by atoms with Crippen LogP contribution in [0.5, 0.6) is 0 Å². The fourth-order valence-corrected chi connectivity index (χ4v) is 7.03. The molecule has 0 amide bonds. The first-order chi connectivity index (χ1) is 14.8. The molecule has 6 rings (SSSR count). The van der Waals surface area contributed by atoms with Crippen molar-refractivity contribution >= 4 is 27.4 Å². The van der Waals surface area contributed by atoms with Crippen molar-refractivity contribution in [2.75, 3.05) is 18.0 Å². The van der Waals surface area contributed by atoms with Gasteiger partial charge in [-0.1, -0.05) is 13.3 Å². The molecule has 2 aliphatic heterocycles. The Bertz CT molecular complexity index is 1070. The Kier molecular flexibility index (Phi) is 4.74. The molecule has 30 heavy (non-hydrogen) atoms. The Morgan fingerprint density at radius 1 is 1.00 bits per heavy atom. The van der Waals surface area contributed by atoms with Gasteiger partial charge in [0, 0.05) is 36.9 Å². The molecule has 3 aromatic heterocycles. The van der Waals surface area contributed by atoms with E-state index in [-0.39, 0.29) is 0 Å². The number of aryl methyl sites for hydroxylation is 2. The Labute approximate surface area is 181 Å². The average molecular weight is 423 g/mol. The van der Waals surface area contributed by atoms with Crippen molar-refractivity contribution in [1.29, 1.82) is 0 Å². The van der Waals surface area contributed by atoms with Gasteiger partial charge in [0.25, 0.3) is 0 Å². The third-order valence-electron chi connectivity index (χ3n) is 7.30. The van der Waals surface area contributed by atoms with E-state index < -0.39 is 0 Å². The SMILES string of the molecule is C[C@@H]1CCc2c(sc3ncnc(N4CCC[C@@H](c5nnc6n5CCCCC6)C4)c23)C1. The minimum Gasteiger partial charge on any atom is -0.355 e. The minimum absolute atomic E-state index is 0.442. The summed E-state index contributed by atoms with van der Waals surface area (Å²) in [5.74, 6) is 4.79. The van der Waals surface area contributed by atoms with E-state index in [4.69, 9.17) is 4.98 Å². The van der Waals surface area contributed by atoms with Crippen molar-refractivity contribution < 1.29 is 0 Å². The molecule has 6 nitrogen and oxygen atoms in total. The second-order valence-electron chi connectivity index (χ2n) is 9.45. The topological polar surface area (TPSA) is 59.7 Å². The molecular formula is C23H30N6S. The van der Waals surface area contributed by atoms with Gasteiger partial charge in [-0.2, -0.15) is 0 Å². The molecule has 0 N–H and O–H groups in total. The maximum Gasteiger partial charge on any atom is 0.141 e. The number of fused-ring (bicyclic) bond motifs is 4. The van der Waals surface area contributed by atoms with Gasteiger partial charge < -0.3 is 9.47 Å². The molecule has 1 fully saturated rings. The van der Waals surface area contributed by atoms with E-state index in [2.05, 4.69) is 31.6 Å². The monoisotopic (exact) mass is 422 g/mol. The predicted octanol–water partition coefficient (Wildman–Crippen LogP) is 4.52. The van der Waals surface area contributed by atoms with Crippen LogP contribution in [0.3, 0.4) is 0 Å². The van der Waals surface area contributed by atoms with E-state index in [0.29, 0.717) is 5.92 Å². The lowest BCUT2D eigenvalue weighted by Gasteiger charge is -2.34. The van der Waals surface area contributed by atoms with Crippen molar-refractivity contribution in [3.63, 3.8) is 0 Å². The first kappa shape index (κ1) is 18.7. The first-order valence-corrected chi connectivity index (χ1v) is 12.5. The Morgan fingerprint density at radius 3 is 2.93 bits per heavy atom. The van der Waals surface area contributed by atoms with Crippen molar-refractivity contribution in [1.82, 2.24) is 24.7 Å². The van der Waals surface area contributed by atoms with Gasteiger partial charge in [-0.3, -0.25) is 0 Å². The van der Waals surface area contributed by atoms with Crippen molar-refractivity contribution in [3.8, 4) is 0 Å². The molecule has 3 aliphatic rings. The third kappa shape index (κ3) is 3.13. The zero-order valence-corrected chi connectivity index (χ0v) is 18.6. The second-order valence-corrected chi connectivity index (χ2v) is 10.5. The molecule has 2 atom stereocenters. The van der Waals surface area contributed by atoms with Crippen LogP contribution in [-0.4, -0.2) is 37.8 Å². The Morgan fingerprint density at radius 2 is 1.97 bits per heavy atom. The summed E-state index contributed by atoms with van der Waals surface area (Å²) in [4.78, 5) is 14.7. The number of nitrogens with zero attached hydrogens (tertiary/aromatic N) is 6. The van der Waals surface area contributed by atoms with E-state index in [1.165, 1.54) is 78.8 Å². The zero-order valence-electron chi connectivity index (χ0n) is 17.8. The summed E-state index contributed by atoms with van der Waals surface area (Å²) in [7, 11) is 0. The summed E-state index contributed by atoms with van der Waals surface area (Å²) in [5.41, 5.74) is 1.53. The van der Waals surface area contributed by atoms with Gasteiger partial charge in [0.1, 0.15) is 28.6 Å². The van der Waals surface area contributed by atoms with Crippen LogP contribution in [0, 0.1) is 5.92 Å². The van der Waals surface area contributed by atoms with Gasteiger partial charge in [0.15, 0.2) is 0 Å². The molecule has 1 saturated heterocycles. The summed E-state index contributed by atoms with van der Waals surface area (Å²) >= 11 is 1.90. The lowest BCUT2D eigenvalue weighted by molar-refractivity contribution is 0.464. The zero-order chi connectivity index (χ0) is 20.1. The van der Waals surface area contributed by atoms with E-state index >= 15 is 0 Å². The van der Waals surface area contributed by atoms with Gasteiger partial charge in [-0.15, -0.1) is 21.5 Å². The number of anilines is 1. The van der Waals surface area contributed by atoms with Gasteiger partial charge in [-0.05, 0) is 56.4 Å². The van der Waals surface area contributed by atoms with Crippen molar-refractivity contribution in [2.24, 2.45) is 5.92 Å². The largest absolute Gasteiger partial charge is 0.355 e. The number of hydrogen-bond donors (Lipinski definition) is 0. The summed E-state index contributed by atoms with van der Waals surface area (Å²) in [6, 6.07) is 0. The highest BCUT2D eigenvalue weighted by molar-refractivity contribution is 7.19. The van der Waals surface area contributed by atoms with Gasteiger partial charge in [0.05, 0.1) is 5.39 Å². The summed E-state index contributed by atoms with van der Waals surface area (Å²) in [6.07, 6.45) is 12.7. The Balaban J connectivity index is 1.34. The smallest absolute Gasteiger partial charge is 0.141 e. The quantitative estimate of drug-likeness (QED) is 0.608. The lowest BCUT2D eigenvalue weighted by Crippen LogP contribution is -2.36. The molecule has 0 aromatic carbocycles. The molecule has 7 heteroatoms. The molecule has 3 aromatic rings. The van der Waals surface area contributed by atoms with Crippen LogP contribution in [0.1, 0.15) is 73.5 Å². The Hall–Kier alpha value is -2.02. The number of hydrogen-bond acceptors (Lipinski definition) is 6. The highest BCUT2D eigenvalue weighted by Gasteiger charge is 2.30. The molecule has 0 spiro atoms. The van der Waals surface area contributed by atoms with E-state index in [1.54, 1.807) is 11.2 Å². The van der Waals surface area contributed by atoms with Crippen LogP contribution in [0.15, 0.2) is 6.33 Å². The average Bonchev–Trinajstić information content (AvgIpc) is 3.26. The van der Waals surface area contributed by atoms with E-state index in [9.17, 15) is 0 Å². The minimum atomic E-state index is 0.442. The number of thiophene rings is 1. The van der Waals surface area contributed by atoms with E-state index in [0.717, 1.165) is 37.8 Å². The molecule has 5 heterocycles.